The van der Waals surface area contributed by atoms with Crippen LogP contribution in [0.5, 0.6) is 0 Å². The highest BCUT2D eigenvalue weighted by molar-refractivity contribution is 6.29. The lowest BCUT2D eigenvalue weighted by Gasteiger charge is -2.16. The van der Waals surface area contributed by atoms with Crippen LogP contribution in [0.15, 0.2) is 12.1 Å². The van der Waals surface area contributed by atoms with Crippen molar-refractivity contribution in [3.63, 3.8) is 0 Å². The fraction of sp³-hybridized carbons (Fsp3) is 0.545. The first-order valence-electron chi connectivity index (χ1n) is 4.79. The standard InChI is InChI=1S/C11H15ClN2/c1-7-4-8(5-9(12)14-7)11(13)6-10(11,2)3/h4-5H,6,13H2,1-3H3. The highest BCUT2D eigenvalue weighted by Crippen LogP contribution is 2.60. The number of aromatic nitrogens is 1. The molecular formula is C11H15ClN2. The van der Waals surface area contributed by atoms with E-state index >= 15 is 0 Å². The number of halogens is 1. The maximum absolute atomic E-state index is 6.30. The van der Waals surface area contributed by atoms with Crippen molar-refractivity contribution < 1.29 is 0 Å². The van der Waals surface area contributed by atoms with Gasteiger partial charge in [0.1, 0.15) is 5.15 Å². The third kappa shape index (κ3) is 1.33. The Bertz CT molecular complexity index is 367. The maximum atomic E-state index is 6.30. The van der Waals surface area contributed by atoms with E-state index in [9.17, 15) is 0 Å². The molecule has 0 spiro atoms. The first kappa shape index (κ1) is 9.94. The van der Waals surface area contributed by atoms with E-state index in [-0.39, 0.29) is 11.0 Å². The fourth-order valence-electron chi connectivity index (χ4n) is 2.03. The number of nitrogens with zero attached hydrogens (tertiary/aromatic N) is 1. The first-order chi connectivity index (χ1) is 6.35. The van der Waals surface area contributed by atoms with Crippen LogP contribution in [-0.2, 0) is 5.54 Å². The first-order valence-corrected chi connectivity index (χ1v) is 5.16. The Hall–Kier alpha value is -0.600. The average Bonchev–Trinajstić information content (AvgIpc) is 2.50. The third-order valence-corrected chi connectivity index (χ3v) is 3.43. The molecule has 1 aromatic heterocycles. The molecule has 3 heteroatoms. The molecule has 1 aliphatic rings. The topological polar surface area (TPSA) is 38.9 Å². The smallest absolute Gasteiger partial charge is 0.129 e. The van der Waals surface area contributed by atoms with Crippen molar-refractivity contribution in [2.24, 2.45) is 11.1 Å². The lowest BCUT2D eigenvalue weighted by molar-refractivity contribution is 0.509. The maximum Gasteiger partial charge on any atom is 0.129 e. The molecule has 0 saturated heterocycles. The molecular weight excluding hydrogens is 196 g/mol. The van der Waals surface area contributed by atoms with Gasteiger partial charge in [0.05, 0.1) is 0 Å². The Morgan fingerprint density at radius 3 is 2.43 bits per heavy atom. The van der Waals surface area contributed by atoms with Gasteiger partial charge in [0.15, 0.2) is 0 Å². The molecule has 0 bridgehead atoms. The van der Waals surface area contributed by atoms with E-state index in [1.807, 2.05) is 19.1 Å². The molecule has 2 N–H and O–H groups in total. The van der Waals surface area contributed by atoms with Gasteiger partial charge in [0.2, 0.25) is 0 Å². The molecule has 2 rings (SSSR count). The third-order valence-electron chi connectivity index (χ3n) is 3.24. The summed E-state index contributed by atoms with van der Waals surface area (Å²) in [5.41, 5.74) is 8.32. The largest absolute Gasteiger partial charge is 0.321 e. The highest BCUT2D eigenvalue weighted by atomic mass is 35.5. The Kier molecular flexibility index (Phi) is 1.92. The number of hydrogen-bond donors (Lipinski definition) is 1. The molecule has 0 aromatic carbocycles. The van der Waals surface area contributed by atoms with Crippen molar-refractivity contribution in [1.82, 2.24) is 4.98 Å². The molecule has 14 heavy (non-hydrogen) atoms. The predicted molar refractivity (Wildman–Crippen MR) is 58.2 cm³/mol. The van der Waals surface area contributed by atoms with E-state index in [0.29, 0.717) is 5.15 Å². The molecule has 0 aliphatic heterocycles. The van der Waals surface area contributed by atoms with Crippen LogP contribution in [0.3, 0.4) is 0 Å². The van der Waals surface area contributed by atoms with Gasteiger partial charge in [-0.25, -0.2) is 4.98 Å². The molecule has 2 nitrogen and oxygen atoms in total. The fourth-order valence-corrected chi connectivity index (χ4v) is 2.28. The Balaban J connectivity index is 2.44. The lowest BCUT2D eigenvalue weighted by Crippen LogP contribution is -2.25. The van der Waals surface area contributed by atoms with Crippen LogP contribution in [0.25, 0.3) is 0 Å². The van der Waals surface area contributed by atoms with Crippen LogP contribution >= 0.6 is 11.6 Å². The van der Waals surface area contributed by atoms with E-state index in [2.05, 4.69) is 18.8 Å². The molecule has 1 unspecified atom stereocenters. The van der Waals surface area contributed by atoms with Gasteiger partial charge >= 0.3 is 0 Å². The number of nitrogens with two attached hydrogens (primary N) is 1. The second kappa shape index (κ2) is 2.71. The van der Waals surface area contributed by atoms with Crippen LogP contribution in [0.1, 0.15) is 31.5 Å². The number of hydrogen-bond acceptors (Lipinski definition) is 2. The summed E-state index contributed by atoms with van der Waals surface area (Å²) in [6.07, 6.45) is 1.01. The Morgan fingerprint density at radius 2 is 2.00 bits per heavy atom. The van der Waals surface area contributed by atoms with Gasteiger partial charge in [0, 0.05) is 11.2 Å². The summed E-state index contributed by atoms with van der Waals surface area (Å²) in [5, 5.41) is 0.535. The van der Waals surface area contributed by atoms with Crippen molar-refractivity contribution >= 4 is 11.6 Å². The molecule has 0 radical (unpaired) electrons. The number of rotatable bonds is 1. The average molecular weight is 211 g/mol. The highest BCUT2D eigenvalue weighted by Gasteiger charge is 2.59. The summed E-state index contributed by atoms with van der Waals surface area (Å²) in [6, 6.07) is 3.91. The van der Waals surface area contributed by atoms with Gasteiger partial charge in [-0.15, -0.1) is 0 Å². The van der Waals surface area contributed by atoms with E-state index in [0.717, 1.165) is 17.7 Å². The quantitative estimate of drug-likeness (QED) is 0.724. The normalized spacial score (nSPS) is 28.9. The monoisotopic (exact) mass is 210 g/mol. The summed E-state index contributed by atoms with van der Waals surface area (Å²) < 4.78 is 0. The van der Waals surface area contributed by atoms with E-state index in [1.54, 1.807) is 0 Å². The lowest BCUT2D eigenvalue weighted by atomic mass is 9.97. The van der Waals surface area contributed by atoms with Gasteiger partial charge < -0.3 is 5.73 Å². The minimum atomic E-state index is -0.204. The predicted octanol–water partition coefficient (Wildman–Crippen LogP) is 2.63. The molecule has 1 aromatic rings. The number of aryl methyl sites for hydroxylation is 1. The van der Waals surface area contributed by atoms with Crippen LogP contribution in [0.4, 0.5) is 0 Å². The van der Waals surface area contributed by atoms with Crippen molar-refractivity contribution in [2.45, 2.75) is 32.7 Å². The van der Waals surface area contributed by atoms with Crippen molar-refractivity contribution in [3.05, 3.63) is 28.5 Å². The summed E-state index contributed by atoms with van der Waals surface area (Å²) in [5.74, 6) is 0. The minimum Gasteiger partial charge on any atom is -0.321 e. The van der Waals surface area contributed by atoms with Crippen molar-refractivity contribution in [2.75, 3.05) is 0 Å². The minimum absolute atomic E-state index is 0.185. The van der Waals surface area contributed by atoms with Crippen LogP contribution < -0.4 is 5.73 Å². The van der Waals surface area contributed by atoms with E-state index < -0.39 is 0 Å². The zero-order valence-corrected chi connectivity index (χ0v) is 9.52. The molecule has 1 heterocycles. The molecule has 1 atom stereocenters. The van der Waals surface area contributed by atoms with Gasteiger partial charge in [-0.2, -0.15) is 0 Å². The molecule has 1 aliphatic carbocycles. The van der Waals surface area contributed by atoms with Crippen LogP contribution in [0.2, 0.25) is 5.15 Å². The zero-order valence-electron chi connectivity index (χ0n) is 8.76. The molecule has 1 saturated carbocycles. The summed E-state index contributed by atoms with van der Waals surface area (Å²) >= 11 is 5.91. The van der Waals surface area contributed by atoms with Crippen molar-refractivity contribution in [3.8, 4) is 0 Å². The Labute approximate surface area is 89.5 Å². The summed E-state index contributed by atoms with van der Waals surface area (Å²) in [6.45, 7) is 6.29. The van der Waals surface area contributed by atoms with E-state index in [1.165, 1.54) is 0 Å². The zero-order chi connectivity index (χ0) is 10.6. The second-order valence-corrected chi connectivity index (χ2v) is 5.24. The molecule has 0 amide bonds. The molecule has 76 valence electrons. The van der Waals surface area contributed by atoms with Crippen LogP contribution in [0, 0.1) is 12.3 Å². The Morgan fingerprint density at radius 1 is 1.43 bits per heavy atom. The summed E-state index contributed by atoms with van der Waals surface area (Å²) in [7, 11) is 0. The summed E-state index contributed by atoms with van der Waals surface area (Å²) in [4.78, 5) is 4.13. The second-order valence-electron chi connectivity index (χ2n) is 4.85. The van der Waals surface area contributed by atoms with Gasteiger partial charge in [-0.1, -0.05) is 25.4 Å². The van der Waals surface area contributed by atoms with Gasteiger partial charge in [0.25, 0.3) is 0 Å². The van der Waals surface area contributed by atoms with Gasteiger partial charge in [-0.3, -0.25) is 0 Å². The number of pyridine rings is 1. The van der Waals surface area contributed by atoms with Gasteiger partial charge in [-0.05, 0) is 36.5 Å². The molecule has 1 fully saturated rings. The van der Waals surface area contributed by atoms with E-state index in [4.69, 9.17) is 17.3 Å². The van der Waals surface area contributed by atoms with Crippen molar-refractivity contribution in [1.29, 1.82) is 0 Å². The van der Waals surface area contributed by atoms with Crippen LogP contribution in [-0.4, -0.2) is 4.98 Å². The SMILES string of the molecule is Cc1cc(C2(N)CC2(C)C)cc(Cl)n1.